The zero-order chi connectivity index (χ0) is 8.27. The van der Waals surface area contributed by atoms with Crippen molar-refractivity contribution in [2.24, 2.45) is 0 Å². The molecule has 11 heavy (non-hydrogen) atoms. The highest BCUT2D eigenvalue weighted by Crippen LogP contribution is 2.15. The van der Waals surface area contributed by atoms with Crippen molar-refractivity contribution in [1.82, 2.24) is 0 Å². The first-order chi connectivity index (χ1) is 5.24. The molecule has 1 unspecified atom stereocenters. The van der Waals surface area contributed by atoms with Crippen LogP contribution in [0.3, 0.4) is 0 Å². The first-order valence-electron chi connectivity index (χ1n) is 3.74. The van der Waals surface area contributed by atoms with E-state index < -0.39 is 6.29 Å². The molecule has 0 saturated heterocycles. The van der Waals surface area contributed by atoms with Crippen LogP contribution in [0.25, 0.3) is 0 Å². The number of ether oxygens (including phenoxy) is 2. The van der Waals surface area contributed by atoms with E-state index in [1.807, 2.05) is 13.8 Å². The SMILES string of the molecule is CCCOC1OC(=O)C=C1C. The van der Waals surface area contributed by atoms with Gasteiger partial charge in [0.1, 0.15) is 0 Å². The molecule has 0 spiro atoms. The summed E-state index contributed by atoms with van der Waals surface area (Å²) in [6.45, 7) is 4.46. The maximum absolute atomic E-state index is 10.6. The minimum atomic E-state index is -0.428. The van der Waals surface area contributed by atoms with Crippen LogP contribution in [0.1, 0.15) is 20.3 Å². The third kappa shape index (κ3) is 2.05. The monoisotopic (exact) mass is 156 g/mol. The molecule has 62 valence electrons. The first-order valence-corrected chi connectivity index (χ1v) is 3.74. The number of carbonyl (C=O) groups is 1. The molecule has 1 rings (SSSR count). The van der Waals surface area contributed by atoms with E-state index in [0.29, 0.717) is 6.61 Å². The average molecular weight is 156 g/mol. The molecule has 0 aromatic rings. The molecule has 0 bridgehead atoms. The highest BCUT2D eigenvalue weighted by molar-refractivity contribution is 5.85. The second-order valence-corrected chi connectivity index (χ2v) is 2.53. The van der Waals surface area contributed by atoms with Gasteiger partial charge in [0, 0.05) is 11.6 Å². The van der Waals surface area contributed by atoms with Gasteiger partial charge in [0.25, 0.3) is 0 Å². The van der Waals surface area contributed by atoms with E-state index in [4.69, 9.17) is 9.47 Å². The summed E-state index contributed by atoms with van der Waals surface area (Å²) in [4.78, 5) is 10.6. The first kappa shape index (κ1) is 8.27. The second-order valence-electron chi connectivity index (χ2n) is 2.53. The van der Waals surface area contributed by atoms with Gasteiger partial charge >= 0.3 is 5.97 Å². The zero-order valence-corrected chi connectivity index (χ0v) is 6.79. The van der Waals surface area contributed by atoms with Crippen molar-refractivity contribution in [3.05, 3.63) is 11.6 Å². The van der Waals surface area contributed by atoms with E-state index >= 15 is 0 Å². The molecule has 0 aliphatic carbocycles. The Labute approximate surface area is 66.0 Å². The van der Waals surface area contributed by atoms with Crippen molar-refractivity contribution in [3.63, 3.8) is 0 Å². The Morgan fingerprint density at radius 1 is 1.73 bits per heavy atom. The third-order valence-corrected chi connectivity index (χ3v) is 1.41. The van der Waals surface area contributed by atoms with E-state index in [-0.39, 0.29) is 5.97 Å². The molecule has 1 heterocycles. The summed E-state index contributed by atoms with van der Waals surface area (Å²) in [6.07, 6.45) is 1.96. The Hall–Kier alpha value is -0.830. The molecule has 3 nitrogen and oxygen atoms in total. The number of hydrogen-bond acceptors (Lipinski definition) is 3. The van der Waals surface area contributed by atoms with E-state index in [9.17, 15) is 4.79 Å². The van der Waals surface area contributed by atoms with Crippen molar-refractivity contribution in [1.29, 1.82) is 0 Å². The van der Waals surface area contributed by atoms with Gasteiger partial charge in [0.2, 0.25) is 6.29 Å². The molecule has 0 N–H and O–H groups in total. The second kappa shape index (κ2) is 3.53. The molecule has 3 heteroatoms. The van der Waals surface area contributed by atoms with Crippen LogP contribution in [0.2, 0.25) is 0 Å². The van der Waals surface area contributed by atoms with E-state index in [2.05, 4.69) is 0 Å². The largest absolute Gasteiger partial charge is 0.428 e. The summed E-state index contributed by atoms with van der Waals surface area (Å²) in [5.41, 5.74) is 0.850. The van der Waals surface area contributed by atoms with Crippen LogP contribution >= 0.6 is 0 Å². The van der Waals surface area contributed by atoms with E-state index in [0.717, 1.165) is 12.0 Å². The zero-order valence-electron chi connectivity index (χ0n) is 6.79. The number of cyclic esters (lactones) is 1. The van der Waals surface area contributed by atoms with Gasteiger partial charge in [-0.25, -0.2) is 4.79 Å². The van der Waals surface area contributed by atoms with Crippen LogP contribution in [0.4, 0.5) is 0 Å². The minimum Gasteiger partial charge on any atom is -0.428 e. The van der Waals surface area contributed by atoms with Gasteiger partial charge in [0.05, 0.1) is 6.61 Å². The maximum Gasteiger partial charge on any atom is 0.333 e. The lowest BCUT2D eigenvalue weighted by Gasteiger charge is -2.11. The van der Waals surface area contributed by atoms with E-state index in [1.54, 1.807) is 0 Å². The molecule has 0 radical (unpaired) electrons. The Kier molecular flexibility index (Phi) is 2.65. The van der Waals surface area contributed by atoms with Crippen LogP contribution < -0.4 is 0 Å². The lowest BCUT2D eigenvalue weighted by atomic mass is 10.3. The van der Waals surface area contributed by atoms with Crippen molar-refractivity contribution in [2.45, 2.75) is 26.6 Å². The fraction of sp³-hybridized carbons (Fsp3) is 0.625. The van der Waals surface area contributed by atoms with Crippen molar-refractivity contribution >= 4 is 5.97 Å². The van der Waals surface area contributed by atoms with Crippen LogP contribution in [-0.4, -0.2) is 18.9 Å². The Morgan fingerprint density at radius 2 is 2.45 bits per heavy atom. The molecule has 0 aromatic heterocycles. The predicted molar refractivity (Wildman–Crippen MR) is 39.9 cm³/mol. The summed E-state index contributed by atoms with van der Waals surface area (Å²) < 4.78 is 10.0. The normalized spacial score (nSPS) is 23.3. The highest BCUT2D eigenvalue weighted by atomic mass is 16.7. The average Bonchev–Trinajstić information content (AvgIpc) is 2.26. The Bertz CT molecular complexity index is 184. The number of esters is 1. The van der Waals surface area contributed by atoms with Gasteiger partial charge in [0.15, 0.2) is 0 Å². The number of carbonyl (C=O) groups excluding carboxylic acids is 1. The Balaban J connectivity index is 2.38. The molecule has 0 aromatic carbocycles. The topological polar surface area (TPSA) is 35.5 Å². The Morgan fingerprint density at radius 3 is 2.91 bits per heavy atom. The minimum absolute atomic E-state index is 0.302. The van der Waals surface area contributed by atoms with Crippen LogP contribution in [0.15, 0.2) is 11.6 Å². The number of hydrogen-bond donors (Lipinski definition) is 0. The molecule has 0 fully saturated rings. The summed E-state index contributed by atoms with van der Waals surface area (Å²) in [5, 5.41) is 0. The molecule has 1 aliphatic heterocycles. The third-order valence-electron chi connectivity index (χ3n) is 1.41. The molecular weight excluding hydrogens is 144 g/mol. The predicted octanol–water partition coefficient (Wildman–Crippen LogP) is 1.24. The van der Waals surface area contributed by atoms with Crippen LogP contribution in [0.5, 0.6) is 0 Å². The summed E-state index contributed by atoms with van der Waals surface area (Å²) in [5.74, 6) is -0.302. The molecule has 0 amide bonds. The molecule has 1 aliphatic rings. The number of rotatable bonds is 3. The van der Waals surface area contributed by atoms with E-state index in [1.165, 1.54) is 6.08 Å². The van der Waals surface area contributed by atoms with Gasteiger partial charge in [-0.2, -0.15) is 0 Å². The van der Waals surface area contributed by atoms with Crippen molar-refractivity contribution in [3.8, 4) is 0 Å². The van der Waals surface area contributed by atoms with Crippen molar-refractivity contribution in [2.75, 3.05) is 6.61 Å². The summed E-state index contributed by atoms with van der Waals surface area (Å²) >= 11 is 0. The van der Waals surface area contributed by atoms with Gasteiger partial charge in [-0.05, 0) is 13.3 Å². The summed E-state index contributed by atoms with van der Waals surface area (Å²) in [6, 6.07) is 0. The summed E-state index contributed by atoms with van der Waals surface area (Å²) in [7, 11) is 0. The van der Waals surface area contributed by atoms with Crippen LogP contribution in [-0.2, 0) is 14.3 Å². The van der Waals surface area contributed by atoms with Crippen molar-refractivity contribution < 1.29 is 14.3 Å². The molecule has 1 atom stereocenters. The smallest absolute Gasteiger partial charge is 0.333 e. The quantitative estimate of drug-likeness (QED) is 0.577. The lowest BCUT2D eigenvalue weighted by molar-refractivity contribution is -0.159. The fourth-order valence-electron chi connectivity index (χ4n) is 0.877. The van der Waals surface area contributed by atoms with Gasteiger partial charge in [-0.3, -0.25) is 0 Å². The molecular formula is C8H12O3. The molecule has 0 saturated carbocycles. The van der Waals surface area contributed by atoms with Gasteiger partial charge in [-0.15, -0.1) is 0 Å². The van der Waals surface area contributed by atoms with Crippen LogP contribution in [0, 0.1) is 0 Å². The standard InChI is InChI=1S/C8H12O3/c1-3-4-10-8-6(2)5-7(9)11-8/h5,8H,3-4H2,1-2H3. The van der Waals surface area contributed by atoms with Gasteiger partial charge in [-0.1, -0.05) is 6.92 Å². The van der Waals surface area contributed by atoms with Gasteiger partial charge < -0.3 is 9.47 Å². The highest BCUT2D eigenvalue weighted by Gasteiger charge is 2.22. The fourth-order valence-corrected chi connectivity index (χ4v) is 0.877. The lowest BCUT2D eigenvalue weighted by Crippen LogP contribution is -2.15. The maximum atomic E-state index is 10.6.